The summed E-state index contributed by atoms with van der Waals surface area (Å²) in [6, 6.07) is 7.63. The van der Waals surface area contributed by atoms with Crippen LogP contribution in [0.25, 0.3) is 0 Å². The minimum atomic E-state index is 0.291. The van der Waals surface area contributed by atoms with Gasteiger partial charge in [-0.15, -0.1) is 0 Å². The Morgan fingerprint density at radius 3 is 3.04 bits per heavy atom. The summed E-state index contributed by atoms with van der Waals surface area (Å²) in [5, 5.41) is 6.90. The predicted octanol–water partition coefficient (Wildman–Crippen LogP) is 2.77. The summed E-state index contributed by atoms with van der Waals surface area (Å²) < 4.78 is 5.18. The normalized spacial score (nSPS) is 15.0. The van der Waals surface area contributed by atoms with E-state index in [1.54, 1.807) is 7.11 Å². The molecule has 1 saturated heterocycles. The van der Waals surface area contributed by atoms with Crippen LogP contribution in [0.5, 0.6) is 5.75 Å². The Kier molecular flexibility index (Phi) is 7.13. The first-order valence-corrected chi connectivity index (χ1v) is 8.56. The highest BCUT2D eigenvalue weighted by Crippen LogP contribution is 2.16. The third-order valence-electron chi connectivity index (χ3n) is 3.89. The number of thiocarbonyl (C=S) groups is 1. The van der Waals surface area contributed by atoms with Crippen LogP contribution in [0.4, 0.5) is 5.69 Å². The zero-order valence-electron chi connectivity index (χ0n) is 13.6. The molecule has 1 amide bonds. The number of likely N-dealkylation sites (tertiary alicyclic amines) is 1. The van der Waals surface area contributed by atoms with Crippen LogP contribution in [0.3, 0.4) is 0 Å². The van der Waals surface area contributed by atoms with Crippen molar-refractivity contribution in [2.24, 2.45) is 0 Å². The molecule has 1 aliphatic rings. The first-order chi connectivity index (χ1) is 11.2. The third kappa shape index (κ3) is 6.06. The van der Waals surface area contributed by atoms with Crippen molar-refractivity contribution < 1.29 is 9.53 Å². The summed E-state index contributed by atoms with van der Waals surface area (Å²) >= 11 is 5.29. The molecule has 1 heterocycles. The average molecular weight is 335 g/mol. The van der Waals surface area contributed by atoms with Crippen LogP contribution in [0.1, 0.15) is 32.1 Å². The fourth-order valence-electron chi connectivity index (χ4n) is 2.62. The van der Waals surface area contributed by atoms with Gasteiger partial charge in [-0.2, -0.15) is 0 Å². The van der Waals surface area contributed by atoms with E-state index < -0.39 is 0 Å². The molecule has 1 aromatic rings. The van der Waals surface area contributed by atoms with E-state index in [0.29, 0.717) is 17.4 Å². The first kappa shape index (κ1) is 17.5. The number of hydrogen-bond acceptors (Lipinski definition) is 3. The maximum atomic E-state index is 11.9. The SMILES string of the molecule is COc1cccc(NC(=S)NCCCN2CCCCCC2=O)c1. The highest BCUT2D eigenvalue weighted by molar-refractivity contribution is 7.80. The van der Waals surface area contributed by atoms with Crippen LogP contribution >= 0.6 is 12.2 Å². The van der Waals surface area contributed by atoms with Crippen LogP contribution < -0.4 is 15.4 Å². The van der Waals surface area contributed by atoms with E-state index in [0.717, 1.165) is 56.8 Å². The molecule has 0 spiro atoms. The lowest BCUT2D eigenvalue weighted by Gasteiger charge is -2.20. The molecule has 6 heteroatoms. The summed E-state index contributed by atoms with van der Waals surface area (Å²) in [6.45, 7) is 2.44. The average Bonchev–Trinajstić information content (AvgIpc) is 2.76. The summed E-state index contributed by atoms with van der Waals surface area (Å²) in [4.78, 5) is 13.9. The number of anilines is 1. The summed E-state index contributed by atoms with van der Waals surface area (Å²) in [7, 11) is 1.64. The van der Waals surface area contributed by atoms with Crippen molar-refractivity contribution in [2.45, 2.75) is 32.1 Å². The van der Waals surface area contributed by atoms with Gasteiger partial charge in [0.15, 0.2) is 5.11 Å². The summed E-state index contributed by atoms with van der Waals surface area (Å²) in [5.74, 6) is 1.08. The molecule has 0 aromatic heterocycles. The number of amides is 1. The molecule has 0 unspecified atom stereocenters. The Labute approximate surface area is 143 Å². The molecule has 5 nitrogen and oxygen atoms in total. The van der Waals surface area contributed by atoms with Crippen molar-refractivity contribution in [3.05, 3.63) is 24.3 Å². The number of carbonyl (C=O) groups is 1. The molecule has 1 fully saturated rings. The molecule has 1 aromatic carbocycles. The molecule has 1 aliphatic heterocycles. The number of methoxy groups -OCH3 is 1. The Hall–Kier alpha value is -1.82. The largest absolute Gasteiger partial charge is 0.497 e. The Morgan fingerprint density at radius 1 is 1.35 bits per heavy atom. The number of hydrogen-bond donors (Lipinski definition) is 2. The second-order valence-corrected chi connectivity index (χ2v) is 6.07. The van der Waals surface area contributed by atoms with Gasteiger partial charge >= 0.3 is 0 Å². The molecule has 0 radical (unpaired) electrons. The fourth-order valence-corrected chi connectivity index (χ4v) is 2.84. The minimum Gasteiger partial charge on any atom is -0.497 e. The van der Waals surface area contributed by atoms with Crippen molar-refractivity contribution in [3.63, 3.8) is 0 Å². The monoisotopic (exact) mass is 335 g/mol. The van der Waals surface area contributed by atoms with Crippen molar-refractivity contribution in [1.82, 2.24) is 10.2 Å². The number of nitrogens with one attached hydrogen (secondary N) is 2. The quantitative estimate of drug-likeness (QED) is 0.618. The molecule has 2 N–H and O–H groups in total. The van der Waals surface area contributed by atoms with Crippen molar-refractivity contribution in [3.8, 4) is 5.75 Å². The van der Waals surface area contributed by atoms with Gasteiger partial charge in [-0.1, -0.05) is 12.5 Å². The highest BCUT2D eigenvalue weighted by Gasteiger charge is 2.15. The zero-order valence-corrected chi connectivity index (χ0v) is 14.5. The van der Waals surface area contributed by atoms with E-state index in [9.17, 15) is 4.79 Å². The molecule has 0 atom stereocenters. The van der Waals surface area contributed by atoms with E-state index in [1.165, 1.54) is 0 Å². The van der Waals surface area contributed by atoms with Gasteiger partial charge < -0.3 is 20.3 Å². The molecule has 2 rings (SSSR count). The van der Waals surface area contributed by atoms with Gasteiger partial charge in [0.25, 0.3) is 0 Å². The van der Waals surface area contributed by atoms with Gasteiger partial charge in [-0.3, -0.25) is 4.79 Å². The smallest absolute Gasteiger partial charge is 0.222 e. The summed E-state index contributed by atoms with van der Waals surface area (Å²) in [5.41, 5.74) is 0.893. The van der Waals surface area contributed by atoms with Gasteiger partial charge in [0.05, 0.1) is 7.11 Å². The minimum absolute atomic E-state index is 0.291. The van der Waals surface area contributed by atoms with Crippen molar-refractivity contribution in [1.29, 1.82) is 0 Å². The molecular weight excluding hydrogens is 310 g/mol. The topological polar surface area (TPSA) is 53.6 Å². The van der Waals surface area contributed by atoms with Crippen molar-refractivity contribution in [2.75, 3.05) is 32.1 Å². The lowest BCUT2D eigenvalue weighted by molar-refractivity contribution is -0.130. The van der Waals surface area contributed by atoms with E-state index in [-0.39, 0.29) is 0 Å². The van der Waals surface area contributed by atoms with Crippen LogP contribution in [-0.2, 0) is 4.79 Å². The second-order valence-electron chi connectivity index (χ2n) is 5.66. The highest BCUT2D eigenvalue weighted by atomic mass is 32.1. The van der Waals surface area contributed by atoms with E-state index in [1.807, 2.05) is 29.2 Å². The maximum absolute atomic E-state index is 11.9. The first-order valence-electron chi connectivity index (χ1n) is 8.16. The number of ether oxygens (including phenoxy) is 1. The van der Waals surface area contributed by atoms with E-state index in [4.69, 9.17) is 17.0 Å². The molecule has 23 heavy (non-hydrogen) atoms. The Balaban J connectivity index is 1.67. The van der Waals surface area contributed by atoms with Gasteiger partial charge in [0, 0.05) is 37.8 Å². The van der Waals surface area contributed by atoms with Crippen LogP contribution in [0.15, 0.2) is 24.3 Å². The fraction of sp³-hybridized carbons (Fsp3) is 0.529. The molecule has 0 bridgehead atoms. The van der Waals surface area contributed by atoms with E-state index >= 15 is 0 Å². The lowest BCUT2D eigenvalue weighted by atomic mass is 10.2. The van der Waals surface area contributed by atoms with Crippen molar-refractivity contribution >= 4 is 28.9 Å². The Morgan fingerprint density at radius 2 is 2.22 bits per heavy atom. The number of nitrogens with zero attached hydrogens (tertiary/aromatic N) is 1. The van der Waals surface area contributed by atoms with Gasteiger partial charge in [-0.05, 0) is 43.6 Å². The van der Waals surface area contributed by atoms with Gasteiger partial charge in [0.2, 0.25) is 5.91 Å². The number of benzene rings is 1. The van der Waals surface area contributed by atoms with Gasteiger partial charge in [0.1, 0.15) is 5.75 Å². The second kappa shape index (κ2) is 9.35. The third-order valence-corrected chi connectivity index (χ3v) is 4.14. The lowest BCUT2D eigenvalue weighted by Crippen LogP contribution is -2.35. The standard InChI is InChI=1S/C17H25N3O2S/c1-22-15-8-5-7-14(13-15)19-17(23)18-10-6-12-20-11-4-2-3-9-16(20)21/h5,7-8,13H,2-4,6,9-12H2,1H3,(H2,18,19,23). The zero-order chi connectivity index (χ0) is 16.5. The molecule has 0 aliphatic carbocycles. The van der Waals surface area contributed by atoms with Gasteiger partial charge in [-0.25, -0.2) is 0 Å². The Bertz CT molecular complexity index is 536. The van der Waals surface area contributed by atoms with Crippen LogP contribution in [0.2, 0.25) is 0 Å². The van der Waals surface area contributed by atoms with Crippen LogP contribution in [-0.4, -0.2) is 42.7 Å². The molecule has 126 valence electrons. The molecular formula is C17H25N3O2S. The molecule has 0 saturated carbocycles. The van der Waals surface area contributed by atoms with E-state index in [2.05, 4.69) is 10.6 Å². The summed E-state index contributed by atoms with van der Waals surface area (Å²) in [6.07, 6.45) is 4.90. The number of carbonyl (C=O) groups excluding carboxylic acids is 1. The predicted molar refractivity (Wildman–Crippen MR) is 96.9 cm³/mol. The number of rotatable bonds is 6. The van der Waals surface area contributed by atoms with Crippen LogP contribution in [0, 0.1) is 0 Å². The maximum Gasteiger partial charge on any atom is 0.222 e.